The lowest BCUT2D eigenvalue weighted by Crippen LogP contribution is -2.53. The molecule has 0 spiro atoms. The molecule has 0 unspecified atom stereocenters. The topological polar surface area (TPSA) is 55.4 Å². The Balaban J connectivity index is 1.58. The first kappa shape index (κ1) is 25.4. The Kier molecular flexibility index (Phi) is 9.22. The van der Waals surface area contributed by atoms with Crippen molar-refractivity contribution in [2.75, 3.05) is 59.5 Å². The fraction of sp³-hybridized carbons (Fsp3) is 1.00. The molecule has 0 bridgehead atoms. The smallest absolute Gasteiger partial charge is 0.282 e. The van der Waals surface area contributed by atoms with Gasteiger partial charge >= 0.3 is 0 Å². The Labute approximate surface area is 189 Å². The third-order valence-corrected chi connectivity index (χ3v) is 6.71. The lowest BCUT2D eigenvalue weighted by molar-refractivity contribution is -0.412. The molecule has 6 heteroatoms. The molecule has 0 radical (unpaired) electrons. The normalized spacial score (nSPS) is 23.6. The van der Waals surface area contributed by atoms with Crippen LogP contribution in [0, 0.1) is 16.2 Å². The highest BCUT2D eigenvalue weighted by Gasteiger charge is 2.45. The zero-order chi connectivity index (χ0) is 22.3. The van der Waals surface area contributed by atoms with Crippen molar-refractivity contribution in [1.82, 2.24) is 0 Å². The zero-order valence-corrected chi connectivity index (χ0v) is 20.5. The van der Waals surface area contributed by atoms with E-state index in [1.165, 1.54) is 38.5 Å². The molecule has 0 amide bonds. The molecule has 3 aliphatic rings. The molecule has 182 valence electrons. The fourth-order valence-electron chi connectivity index (χ4n) is 4.09. The van der Waals surface area contributed by atoms with Crippen LogP contribution in [0.5, 0.6) is 0 Å². The van der Waals surface area contributed by atoms with Gasteiger partial charge in [0.2, 0.25) is 0 Å². The summed E-state index contributed by atoms with van der Waals surface area (Å²) < 4.78 is 35.8. The summed E-state index contributed by atoms with van der Waals surface area (Å²) in [6.07, 6.45) is 9.50. The van der Waals surface area contributed by atoms with Crippen molar-refractivity contribution in [3.8, 4) is 0 Å². The van der Waals surface area contributed by atoms with E-state index in [0.29, 0.717) is 19.8 Å². The summed E-state index contributed by atoms with van der Waals surface area (Å²) in [6, 6.07) is 0. The molecular weight excluding hydrogens is 396 g/mol. The SMILES string of the molecule is CCCCCCCCCC(OCC1(C)COC1)(OCC1(C)COC1)OCC1(C)COC1. The molecule has 6 nitrogen and oxygen atoms in total. The molecule has 31 heavy (non-hydrogen) atoms. The first-order valence-corrected chi connectivity index (χ1v) is 12.5. The Morgan fingerprint density at radius 3 is 1.26 bits per heavy atom. The van der Waals surface area contributed by atoms with Crippen LogP contribution in [-0.2, 0) is 28.4 Å². The highest BCUT2D eigenvalue weighted by molar-refractivity contribution is 4.85. The van der Waals surface area contributed by atoms with Crippen LogP contribution < -0.4 is 0 Å². The van der Waals surface area contributed by atoms with Gasteiger partial charge in [-0.25, -0.2) is 0 Å². The molecule has 3 heterocycles. The lowest BCUT2D eigenvalue weighted by Gasteiger charge is -2.46. The van der Waals surface area contributed by atoms with Gasteiger partial charge in [-0.2, -0.15) is 0 Å². The van der Waals surface area contributed by atoms with E-state index in [0.717, 1.165) is 52.5 Å². The third kappa shape index (κ3) is 7.65. The number of rotatable bonds is 17. The summed E-state index contributed by atoms with van der Waals surface area (Å²) in [5, 5.41) is 0. The van der Waals surface area contributed by atoms with Crippen molar-refractivity contribution in [1.29, 1.82) is 0 Å². The number of hydrogen-bond donors (Lipinski definition) is 0. The van der Waals surface area contributed by atoms with Gasteiger partial charge in [-0.15, -0.1) is 0 Å². The van der Waals surface area contributed by atoms with E-state index < -0.39 is 5.97 Å². The van der Waals surface area contributed by atoms with E-state index in [9.17, 15) is 0 Å². The minimum Gasteiger partial charge on any atom is -0.380 e. The molecule has 3 rings (SSSR count). The van der Waals surface area contributed by atoms with Gasteiger partial charge in [0.25, 0.3) is 5.97 Å². The molecule has 3 aliphatic heterocycles. The van der Waals surface area contributed by atoms with Crippen LogP contribution in [-0.4, -0.2) is 65.4 Å². The quantitative estimate of drug-likeness (QED) is 0.235. The number of hydrogen-bond acceptors (Lipinski definition) is 6. The molecule has 0 N–H and O–H groups in total. The van der Waals surface area contributed by atoms with Crippen LogP contribution in [0.3, 0.4) is 0 Å². The Morgan fingerprint density at radius 2 is 0.935 bits per heavy atom. The second-order valence-electron chi connectivity index (χ2n) is 11.3. The lowest BCUT2D eigenvalue weighted by atomic mass is 9.89. The van der Waals surface area contributed by atoms with Crippen molar-refractivity contribution >= 4 is 0 Å². The Morgan fingerprint density at radius 1 is 0.581 bits per heavy atom. The average Bonchev–Trinajstić information content (AvgIpc) is 2.69. The molecule has 3 fully saturated rings. The fourth-order valence-corrected chi connectivity index (χ4v) is 4.09. The first-order valence-electron chi connectivity index (χ1n) is 12.5. The number of ether oxygens (including phenoxy) is 6. The second kappa shape index (κ2) is 11.3. The van der Waals surface area contributed by atoms with Crippen LogP contribution in [0.4, 0.5) is 0 Å². The first-order chi connectivity index (χ1) is 14.8. The van der Waals surface area contributed by atoms with Crippen LogP contribution in [0.2, 0.25) is 0 Å². The van der Waals surface area contributed by atoms with Gasteiger partial charge in [0.1, 0.15) is 0 Å². The van der Waals surface area contributed by atoms with Gasteiger partial charge in [-0.05, 0) is 6.42 Å². The molecule has 3 saturated heterocycles. The van der Waals surface area contributed by atoms with Crippen molar-refractivity contribution in [3.05, 3.63) is 0 Å². The minimum atomic E-state index is -1.00. The molecule has 0 aromatic rings. The van der Waals surface area contributed by atoms with Crippen molar-refractivity contribution < 1.29 is 28.4 Å². The molecular formula is C25H46O6. The molecule has 0 aliphatic carbocycles. The van der Waals surface area contributed by atoms with Gasteiger partial charge in [-0.3, -0.25) is 0 Å². The summed E-state index contributed by atoms with van der Waals surface area (Å²) in [5.74, 6) is -1.00. The summed E-state index contributed by atoms with van der Waals surface area (Å²) in [6.45, 7) is 15.0. The molecule has 0 saturated carbocycles. The second-order valence-corrected chi connectivity index (χ2v) is 11.3. The highest BCUT2D eigenvalue weighted by Crippen LogP contribution is 2.37. The minimum absolute atomic E-state index is 0.0467. The van der Waals surface area contributed by atoms with E-state index >= 15 is 0 Å². The van der Waals surface area contributed by atoms with E-state index in [1.54, 1.807) is 0 Å². The third-order valence-electron chi connectivity index (χ3n) is 6.71. The molecule has 0 atom stereocenters. The molecule has 0 aromatic carbocycles. The summed E-state index contributed by atoms with van der Waals surface area (Å²) in [4.78, 5) is 0. The van der Waals surface area contributed by atoms with Crippen LogP contribution in [0.25, 0.3) is 0 Å². The largest absolute Gasteiger partial charge is 0.380 e. The summed E-state index contributed by atoms with van der Waals surface area (Å²) in [7, 11) is 0. The maximum Gasteiger partial charge on any atom is 0.282 e. The van der Waals surface area contributed by atoms with Gasteiger partial charge in [-0.1, -0.05) is 66.2 Å². The monoisotopic (exact) mass is 442 g/mol. The predicted octanol–water partition coefficient (Wildman–Crippen LogP) is 4.94. The molecule has 0 aromatic heterocycles. The predicted molar refractivity (Wildman–Crippen MR) is 120 cm³/mol. The van der Waals surface area contributed by atoms with E-state index in [2.05, 4.69) is 27.7 Å². The van der Waals surface area contributed by atoms with Crippen LogP contribution >= 0.6 is 0 Å². The van der Waals surface area contributed by atoms with Gasteiger partial charge < -0.3 is 28.4 Å². The highest BCUT2D eigenvalue weighted by atomic mass is 16.9. The van der Waals surface area contributed by atoms with E-state index in [4.69, 9.17) is 28.4 Å². The van der Waals surface area contributed by atoms with Crippen molar-refractivity contribution in [3.63, 3.8) is 0 Å². The summed E-state index contributed by atoms with van der Waals surface area (Å²) in [5.41, 5.74) is 0.140. The van der Waals surface area contributed by atoms with Crippen molar-refractivity contribution in [2.45, 2.75) is 85.0 Å². The summed E-state index contributed by atoms with van der Waals surface area (Å²) >= 11 is 0. The standard InChI is InChI=1S/C25H46O6/c1-5-6-7-8-9-10-11-12-25(29-19-22(2)13-26-14-22,30-20-23(3)15-27-16-23)31-21-24(4)17-28-18-24/h5-21H2,1-4H3. The van der Waals surface area contributed by atoms with E-state index in [1.807, 2.05) is 0 Å². The van der Waals surface area contributed by atoms with Gasteiger partial charge in [0, 0.05) is 22.7 Å². The Hall–Kier alpha value is -0.240. The maximum atomic E-state index is 6.50. The van der Waals surface area contributed by atoms with Crippen LogP contribution in [0.15, 0.2) is 0 Å². The van der Waals surface area contributed by atoms with Gasteiger partial charge in [0.15, 0.2) is 0 Å². The zero-order valence-electron chi connectivity index (χ0n) is 20.5. The average molecular weight is 443 g/mol. The van der Waals surface area contributed by atoms with Crippen molar-refractivity contribution in [2.24, 2.45) is 16.2 Å². The maximum absolute atomic E-state index is 6.50. The van der Waals surface area contributed by atoms with Crippen LogP contribution in [0.1, 0.15) is 79.1 Å². The van der Waals surface area contributed by atoms with Gasteiger partial charge in [0.05, 0.1) is 59.5 Å². The Bertz CT molecular complexity index is 464. The van der Waals surface area contributed by atoms with E-state index in [-0.39, 0.29) is 16.2 Å². The number of unbranched alkanes of at least 4 members (excludes halogenated alkanes) is 6.